The quantitative estimate of drug-likeness (QED) is 0.474. The van der Waals surface area contributed by atoms with E-state index >= 15 is 0 Å². The Kier molecular flexibility index (Phi) is 6.45. The van der Waals surface area contributed by atoms with Crippen LogP contribution in [0, 0.1) is 0 Å². The Labute approximate surface area is 194 Å². The molecule has 1 aromatic carbocycles. The Morgan fingerprint density at radius 2 is 2.03 bits per heavy atom. The summed E-state index contributed by atoms with van der Waals surface area (Å²) in [6.07, 6.45) is 1.99. The number of amides is 1. The van der Waals surface area contributed by atoms with Gasteiger partial charge in [-0.25, -0.2) is 22.5 Å². The zero-order valence-corrected chi connectivity index (χ0v) is 19.5. The molecule has 2 aromatic heterocycles. The first-order valence-electron chi connectivity index (χ1n) is 9.94. The molecule has 172 valence electrons. The highest BCUT2D eigenvalue weighted by molar-refractivity contribution is 7.89. The molecule has 0 saturated carbocycles. The lowest BCUT2D eigenvalue weighted by Gasteiger charge is -2.19. The Morgan fingerprint density at radius 3 is 2.70 bits per heavy atom. The highest BCUT2D eigenvalue weighted by Gasteiger charge is 2.35. The molecule has 0 fully saturated rings. The lowest BCUT2D eigenvalue weighted by Crippen LogP contribution is -2.31. The van der Waals surface area contributed by atoms with Crippen LogP contribution in [-0.4, -0.2) is 56.0 Å². The molecule has 3 heterocycles. The average Bonchev–Trinajstić information content (AvgIpc) is 3.57. The minimum atomic E-state index is -3.71. The van der Waals surface area contributed by atoms with E-state index in [1.807, 2.05) is 17.5 Å². The van der Waals surface area contributed by atoms with Crippen molar-refractivity contribution in [3.05, 3.63) is 76.4 Å². The van der Waals surface area contributed by atoms with Crippen molar-refractivity contribution < 1.29 is 27.2 Å². The first kappa shape index (κ1) is 22.9. The molecule has 11 heteroatoms. The fourth-order valence-corrected chi connectivity index (χ4v) is 4.97. The molecule has 0 N–H and O–H groups in total. The fraction of sp³-hybridized carbons (Fsp3) is 0.227. The highest BCUT2D eigenvalue weighted by Crippen LogP contribution is 2.34. The highest BCUT2D eigenvalue weighted by atomic mass is 32.2. The Balaban J connectivity index is 1.49. The second-order valence-corrected chi connectivity index (χ2v) is 10.5. The first-order chi connectivity index (χ1) is 15.8. The summed E-state index contributed by atoms with van der Waals surface area (Å²) in [4.78, 5) is 26.3. The van der Waals surface area contributed by atoms with Crippen molar-refractivity contribution in [1.82, 2.24) is 9.31 Å². The van der Waals surface area contributed by atoms with Gasteiger partial charge in [0.15, 0.2) is 6.61 Å². The van der Waals surface area contributed by atoms with Gasteiger partial charge < -0.3 is 9.15 Å². The number of carbonyl (C=O) groups is 2. The van der Waals surface area contributed by atoms with Gasteiger partial charge in [-0.15, -0.1) is 11.3 Å². The molecular formula is C22H21N3O6S2. The molecule has 0 saturated heterocycles. The van der Waals surface area contributed by atoms with Gasteiger partial charge in [0, 0.05) is 20.5 Å². The minimum Gasteiger partial charge on any atom is -0.467 e. The van der Waals surface area contributed by atoms with Gasteiger partial charge in [0.25, 0.3) is 5.91 Å². The zero-order chi connectivity index (χ0) is 23.6. The van der Waals surface area contributed by atoms with E-state index in [1.54, 1.807) is 12.1 Å². The summed E-state index contributed by atoms with van der Waals surface area (Å²) in [6, 6.07) is 12.4. The summed E-state index contributed by atoms with van der Waals surface area (Å²) in [5, 5.41) is 7.66. The van der Waals surface area contributed by atoms with Crippen LogP contribution in [0.15, 0.2) is 74.6 Å². The summed E-state index contributed by atoms with van der Waals surface area (Å²) in [7, 11) is -0.918. The number of thiophene rings is 1. The number of hydrogen-bond acceptors (Lipinski definition) is 8. The second-order valence-electron chi connectivity index (χ2n) is 7.39. The van der Waals surface area contributed by atoms with E-state index in [0.717, 1.165) is 14.9 Å². The number of hydrazone groups is 1. The lowest BCUT2D eigenvalue weighted by atomic mass is 10.1. The van der Waals surface area contributed by atoms with Gasteiger partial charge >= 0.3 is 5.97 Å². The van der Waals surface area contributed by atoms with E-state index < -0.39 is 34.5 Å². The van der Waals surface area contributed by atoms with Crippen LogP contribution in [0.2, 0.25) is 0 Å². The van der Waals surface area contributed by atoms with Crippen LogP contribution >= 0.6 is 11.3 Å². The second kappa shape index (κ2) is 9.30. The lowest BCUT2D eigenvalue weighted by molar-refractivity contribution is -0.136. The van der Waals surface area contributed by atoms with Crippen LogP contribution in [-0.2, 0) is 19.6 Å². The molecule has 1 aliphatic heterocycles. The molecule has 0 radical (unpaired) electrons. The topological polar surface area (TPSA) is 109 Å². The van der Waals surface area contributed by atoms with Crippen molar-refractivity contribution >= 4 is 38.9 Å². The number of ether oxygens (including phenoxy) is 1. The molecule has 1 unspecified atom stereocenters. The third kappa shape index (κ3) is 4.75. The zero-order valence-electron chi connectivity index (χ0n) is 17.9. The van der Waals surface area contributed by atoms with Gasteiger partial charge in [0.2, 0.25) is 10.0 Å². The Hall–Kier alpha value is -3.28. The van der Waals surface area contributed by atoms with Gasteiger partial charge in [-0.2, -0.15) is 5.10 Å². The molecule has 0 spiro atoms. The third-order valence-electron chi connectivity index (χ3n) is 5.02. The SMILES string of the molecule is CN(C)S(=O)(=O)c1cccc(C(=O)OCC(=O)N2N=C(c3cccs3)CC2c2ccco2)c1. The van der Waals surface area contributed by atoms with Crippen molar-refractivity contribution in [3.63, 3.8) is 0 Å². The first-order valence-corrected chi connectivity index (χ1v) is 12.3. The molecule has 3 aromatic rings. The maximum Gasteiger partial charge on any atom is 0.338 e. The van der Waals surface area contributed by atoms with Crippen molar-refractivity contribution in [1.29, 1.82) is 0 Å². The molecule has 1 amide bonds. The molecule has 33 heavy (non-hydrogen) atoms. The Bertz CT molecular complexity index is 1280. The fourth-order valence-electron chi connectivity index (χ4n) is 3.31. The van der Waals surface area contributed by atoms with E-state index in [9.17, 15) is 18.0 Å². The summed E-state index contributed by atoms with van der Waals surface area (Å²) in [5.74, 6) is -0.754. The number of sulfonamides is 1. The molecule has 9 nitrogen and oxygen atoms in total. The van der Waals surface area contributed by atoms with Gasteiger partial charge in [0.1, 0.15) is 11.8 Å². The van der Waals surface area contributed by atoms with Gasteiger partial charge in [-0.05, 0) is 41.8 Å². The van der Waals surface area contributed by atoms with Crippen LogP contribution in [0.4, 0.5) is 0 Å². The third-order valence-corrected chi connectivity index (χ3v) is 7.75. The largest absolute Gasteiger partial charge is 0.467 e. The summed E-state index contributed by atoms with van der Waals surface area (Å²) >= 11 is 1.52. The monoisotopic (exact) mass is 487 g/mol. The van der Waals surface area contributed by atoms with Gasteiger partial charge in [-0.3, -0.25) is 4.79 Å². The van der Waals surface area contributed by atoms with Crippen molar-refractivity contribution in [2.24, 2.45) is 5.10 Å². The number of benzene rings is 1. The van der Waals surface area contributed by atoms with Gasteiger partial charge in [-0.1, -0.05) is 12.1 Å². The van der Waals surface area contributed by atoms with Crippen LogP contribution in [0.5, 0.6) is 0 Å². The van der Waals surface area contributed by atoms with Crippen LogP contribution in [0.25, 0.3) is 0 Å². The molecular weight excluding hydrogens is 466 g/mol. The van der Waals surface area contributed by atoms with E-state index in [-0.39, 0.29) is 10.5 Å². The standard InChI is InChI=1S/C22H21N3O6S2/c1-24(2)33(28,29)16-7-3-6-15(12-16)22(27)31-14-21(26)25-18(19-8-4-10-30-19)13-17(23-25)20-9-5-11-32-20/h3-12,18H,13-14H2,1-2H3. The number of esters is 1. The molecule has 1 aliphatic rings. The van der Waals surface area contributed by atoms with E-state index in [1.165, 1.54) is 61.0 Å². The van der Waals surface area contributed by atoms with Crippen LogP contribution in [0.1, 0.15) is 33.5 Å². The average molecular weight is 488 g/mol. The minimum absolute atomic E-state index is 0.0255. The molecule has 0 bridgehead atoms. The van der Waals surface area contributed by atoms with Crippen molar-refractivity contribution in [3.8, 4) is 0 Å². The molecule has 0 aliphatic carbocycles. The predicted molar refractivity (Wildman–Crippen MR) is 121 cm³/mol. The maximum atomic E-state index is 12.9. The number of rotatable bonds is 7. The number of nitrogens with zero attached hydrogens (tertiary/aromatic N) is 3. The van der Waals surface area contributed by atoms with Crippen molar-refractivity contribution in [2.45, 2.75) is 17.4 Å². The normalized spacial score (nSPS) is 16.2. The smallest absolute Gasteiger partial charge is 0.338 e. The van der Waals surface area contributed by atoms with Crippen molar-refractivity contribution in [2.75, 3.05) is 20.7 Å². The number of furan rings is 1. The van der Waals surface area contributed by atoms with Gasteiger partial charge in [0.05, 0.1) is 27.3 Å². The van der Waals surface area contributed by atoms with E-state index in [4.69, 9.17) is 9.15 Å². The number of hydrogen-bond donors (Lipinski definition) is 0. The maximum absolute atomic E-state index is 12.9. The summed E-state index contributed by atoms with van der Waals surface area (Å²) in [6.45, 7) is -0.554. The molecule has 4 rings (SSSR count). The Morgan fingerprint density at radius 1 is 1.21 bits per heavy atom. The number of carbonyl (C=O) groups excluding carboxylic acids is 2. The summed E-state index contributed by atoms with van der Waals surface area (Å²) in [5.41, 5.74) is 0.769. The summed E-state index contributed by atoms with van der Waals surface area (Å²) < 4.78 is 36.4. The van der Waals surface area contributed by atoms with E-state index in [0.29, 0.717) is 12.2 Å². The predicted octanol–water partition coefficient (Wildman–Crippen LogP) is 3.13. The molecule has 1 atom stereocenters. The van der Waals surface area contributed by atoms with Crippen LogP contribution < -0.4 is 0 Å². The van der Waals surface area contributed by atoms with Crippen LogP contribution in [0.3, 0.4) is 0 Å². The van der Waals surface area contributed by atoms with E-state index in [2.05, 4.69) is 5.10 Å².